The van der Waals surface area contributed by atoms with Gasteiger partial charge in [0.15, 0.2) is 0 Å². The molecular formula is C11H7Cl2NO2. The van der Waals surface area contributed by atoms with Crippen molar-refractivity contribution >= 4 is 40.1 Å². The quantitative estimate of drug-likeness (QED) is 0.839. The van der Waals surface area contributed by atoms with E-state index >= 15 is 0 Å². The van der Waals surface area contributed by atoms with Crippen molar-refractivity contribution in [3.8, 4) is 0 Å². The van der Waals surface area contributed by atoms with E-state index in [1.807, 2.05) is 6.07 Å². The summed E-state index contributed by atoms with van der Waals surface area (Å²) in [4.78, 5) is 14.8. The average molecular weight is 256 g/mol. The van der Waals surface area contributed by atoms with Crippen LogP contribution in [0.2, 0.25) is 10.2 Å². The third-order valence-electron chi connectivity index (χ3n) is 2.22. The predicted molar refractivity (Wildman–Crippen MR) is 63.1 cm³/mol. The van der Waals surface area contributed by atoms with Gasteiger partial charge in [0.05, 0.1) is 17.0 Å². The number of para-hydroxylation sites is 1. The SMILES string of the molecule is O=C(O)Cc1c(Cl)c(Cl)nc2ccccc12. The van der Waals surface area contributed by atoms with Crippen molar-refractivity contribution < 1.29 is 9.90 Å². The molecule has 3 nitrogen and oxygen atoms in total. The maximum absolute atomic E-state index is 10.8. The van der Waals surface area contributed by atoms with E-state index in [2.05, 4.69) is 4.98 Å². The summed E-state index contributed by atoms with van der Waals surface area (Å²) in [5.74, 6) is -0.950. The zero-order chi connectivity index (χ0) is 11.7. The number of fused-ring (bicyclic) bond motifs is 1. The molecule has 16 heavy (non-hydrogen) atoms. The molecule has 0 atom stereocenters. The number of benzene rings is 1. The summed E-state index contributed by atoms with van der Waals surface area (Å²) in [7, 11) is 0. The molecule has 5 heteroatoms. The first-order chi connectivity index (χ1) is 7.59. The standard InChI is InChI=1S/C11H7Cl2NO2/c12-10-7(5-9(15)16)6-3-1-2-4-8(6)14-11(10)13/h1-4H,5H2,(H,15,16). The summed E-state index contributed by atoms with van der Waals surface area (Å²) >= 11 is 11.8. The highest BCUT2D eigenvalue weighted by Gasteiger charge is 2.14. The number of halogens is 2. The lowest BCUT2D eigenvalue weighted by Gasteiger charge is -2.07. The van der Waals surface area contributed by atoms with Gasteiger partial charge in [0.1, 0.15) is 5.15 Å². The number of nitrogens with zero attached hydrogens (tertiary/aromatic N) is 1. The van der Waals surface area contributed by atoms with Crippen molar-refractivity contribution in [3.05, 3.63) is 40.0 Å². The molecule has 0 aliphatic rings. The zero-order valence-electron chi connectivity index (χ0n) is 8.08. The van der Waals surface area contributed by atoms with Gasteiger partial charge in [0.2, 0.25) is 0 Å². The van der Waals surface area contributed by atoms with Crippen LogP contribution < -0.4 is 0 Å². The number of aromatic nitrogens is 1. The lowest BCUT2D eigenvalue weighted by atomic mass is 10.1. The Morgan fingerprint density at radius 3 is 2.69 bits per heavy atom. The van der Waals surface area contributed by atoms with E-state index in [1.54, 1.807) is 18.2 Å². The van der Waals surface area contributed by atoms with E-state index in [-0.39, 0.29) is 16.6 Å². The number of carbonyl (C=O) groups is 1. The Bertz CT molecular complexity index is 569. The van der Waals surface area contributed by atoms with Crippen molar-refractivity contribution in [2.45, 2.75) is 6.42 Å². The monoisotopic (exact) mass is 255 g/mol. The third-order valence-corrected chi connectivity index (χ3v) is 3.00. The topological polar surface area (TPSA) is 50.2 Å². The van der Waals surface area contributed by atoms with Gasteiger partial charge >= 0.3 is 5.97 Å². The first-order valence-corrected chi connectivity index (χ1v) is 5.29. The molecular weight excluding hydrogens is 249 g/mol. The molecule has 0 unspecified atom stereocenters. The lowest BCUT2D eigenvalue weighted by molar-refractivity contribution is -0.136. The molecule has 1 aromatic carbocycles. The second-order valence-corrected chi connectivity index (χ2v) is 4.02. The second-order valence-electron chi connectivity index (χ2n) is 3.28. The molecule has 0 spiro atoms. The molecule has 82 valence electrons. The molecule has 2 aromatic rings. The maximum atomic E-state index is 10.8. The number of rotatable bonds is 2. The Hall–Kier alpha value is -1.32. The van der Waals surface area contributed by atoms with Gasteiger partial charge < -0.3 is 5.11 Å². The molecule has 0 aliphatic heterocycles. The largest absolute Gasteiger partial charge is 0.481 e. The van der Waals surface area contributed by atoms with Crippen molar-refractivity contribution in [2.75, 3.05) is 0 Å². The highest BCUT2D eigenvalue weighted by Crippen LogP contribution is 2.30. The summed E-state index contributed by atoms with van der Waals surface area (Å²) < 4.78 is 0. The van der Waals surface area contributed by atoms with Crippen LogP contribution in [-0.2, 0) is 11.2 Å². The fraction of sp³-hybridized carbons (Fsp3) is 0.0909. The van der Waals surface area contributed by atoms with E-state index in [0.29, 0.717) is 11.1 Å². The van der Waals surface area contributed by atoms with Crippen LogP contribution in [0.1, 0.15) is 5.56 Å². The predicted octanol–water partition coefficient (Wildman–Crippen LogP) is 3.17. The van der Waals surface area contributed by atoms with Gasteiger partial charge in [-0.25, -0.2) is 4.98 Å². The van der Waals surface area contributed by atoms with Crippen LogP contribution in [0, 0.1) is 0 Å². The van der Waals surface area contributed by atoms with Crippen molar-refractivity contribution in [2.24, 2.45) is 0 Å². The number of hydrogen-bond acceptors (Lipinski definition) is 2. The molecule has 1 N–H and O–H groups in total. The molecule has 0 bridgehead atoms. The molecule has 1 heterocycles. The van der Waals surface area contributed by atoms with Gasteiger partial charge in [0.25, 0.3) is 0 Å². The Morgan fingerprint density at radius 2 is 2.00 bits per heavy atom. The first-order valence-electron chi connectivity index (χ1n) is 4.54. The van der Waals surface area contributed by atoms with E-state index in [4.69, 9.17) is 28.3 Å². The molecule has 0 aliphatic carbocycles. The summed E-state index contributed by atoms with van der Waals surface area (Å²) in [6, 6.07) is 7.16. The highest BCUT2D eigenvalue weighted by atomic mass is 35.5. The highest BCUT2D eigenvalue weighted by molar-refractivity contribution is 6.42. The minimum Gasteiger partial charge on any atom is -0.481 e. The van der Waals surface area contributed by atoms with Crippen LogP contribution in [0.25, 0.3) is 10.9 Å². The number of carboxylic acids is 1. The molecule has 2 rings (SSSR count). The minimum absolute atomic E-state index is 0.136. The molecule has 0 fully saturated rings. The number of carboxylic acid groups (broad SMARTS) is 1. The van der Waals surface area contributed by atoms with Crippen molar-refractivity contribution in [3.63, 3.8) is 0 Å². The van der Waals surface area contributed by atoms with Gasteiger partial charge in [0, 0.05) is 5.39 Å². The van der Waals surface area contributed by atoms with E-state index in [1.165, 1.54) is 0 Å². The van der Waals surface area contributed by atoms with Gasteiger partial charge in [-0.2, -0.15) is 0 Å². The van der Waals surface area contributed by atoms with Gasteiger partial charge in [-0.05, 0) is 11.6 Å². The second kappa shape index (κ2) is 4.28. The van der Waals surface area contributed by atoms with Gasteiger partial charge in [-0.3, -0.25) is 4.79 Å². The third kappa shape index (κ3) is 1.96. The lowest BCUT2D eigenvalue weighted by Crippen LogP contribution is -2.02. The summed E-state index contributed by atoms with van der Waals surface area (Å²) in [6.45, 7) is 0. The van der Waals surface area contributed by atoms with E-state index in [9.17, 15) is 4.79 Å². The van der Waals surface area contributed by atoms with Crippen molar-refractivity contribution in [1.82, 2.24) is 4.98 Å². The summed E-state index contributed by atoms with van der Waals surface area (Å²) in [6.07, 6.45) is -0.165. The average Bonchev–Trinajstić information content (AvgIpc) is 2.24. The van der Waals surface area contributed by atoms with Crippen LogP contribution in [0.3, 0.4) is 0 Å². The Morgan fingerprint density at radius 1 is 1.31 bits per heavy atom. The fourth-order valence-corrected chi connectivity index (χ4v) is 1.96. The Labute approximate surface area is 102 Å². The maximum Gasteiger partial charge on any atom is 0.307 e. The number of aliphatic carboxylic acids is 1. The van der Waals surface area contributed by atoms with Crippen LogP contribution in [0.5, 0.6) is 0 Å². The smallest absolute Gasteiger partial charge is 0.307 e. The van der Waals surface area contributed by atoms with Gasteiger partial charge in [-0.15, -0.1) is 0 Å². The first kappa shape index (κ1) is 11.2. The fourth-order valence-electron chi connectivity index (χ4n) is 1.55. The summed E-state index contributed by atoms with van der Waals surface area (Å²) in [5, 5.41) is 9.89. The molecule has 0 radical (unpaired) electrons. The van der Waals surface area contributed by atoms with Gasteiger partial charge in [-0.1, -0.05) is 41.4 Å². The van der Waals surface area contributed by atoms with Crippen LogP contribution >= 0.6 is 23.2 Å². The van der Waals surface area contributed by atoms with E-state index < -0.39 is 5.97 Å². The molecule has 1 aromatic heterocycles. The molecule has 0 amide bonds. The van der Waals surface area contributed by atoms with Crippen molar-refractivity contribution in [1.29, 1.82) is 0 Å². The number of pyridine rings is 1. The zero-order valence-corrected chi connectivity index (χ0v) is 9.59. The number of hydrogen-bond donors (Lipinski definition) is 1. The normalized spacial score (nSPS) is 10.6. The van der Waals surface area contributed by atoms with E-state index in [0.717, 1.165) is 5.39 Å². The summed E-state index contributed by atoms with van der Waals surface area (Å²) in [5.41, 5.74) is 1.15. The van der Waals surface area contributed by atoms with Crippen LogP contribution in [-0.4, -0.2) is 16.1 Å². The molecule has 0 saturated carbocycles. The molecule has 0 saturated heterocycles. The minimum atomic E-state index is -0.950. The van der Waals surface area contributed by atoms with Crippen LogP contribution in [0.15, 0.2) is 24.3 Å². The Balaban J connectivity index is 2.76. The Kier molecular flexibility index (Phi) is 2.99. The van der Waals surface area contributed by atoms with Crippen LogP contribution in [0.4, 0.5) is 0 Å².